The highest BCUT2D eigenvalue weighted by molar-refractivity contribution is 5.74. The van der Waals surface area contributed by atoms with E-state index in [0.29, 0.717) is 11.4 Å². The van der Waals surface area contributed by atoms with Gasteiger partial charge in [0, 0.05) is 44.4 Å². The van der Waals surface area contributed by atoms with Crippen LogP contribution in [0.25, 0.3) is 0 Å². The minimum Gasteiger partial charge on any atom is -0.483 e. The quantitative estimate of drug-likeness (QED) is 0.276. The number of hydrogen-bond acceptors (Lipinski definition) is 10. The van der Waals surface area contributed by atoms with Crippen LogP contribution in [0.1, 0.15) is 25.7 Å². The Morgan fingerprint density at radius 2 is 1.33 bits per heavy atom. The summed E-state index contributed by atoms with van der Waals surface area (Å²) in [5, 5.41) is 21.8. The van der Waals surface area contributed by atoms with Crippen molar-refractivity contribution in [2.24, 2.45) is 0 Å². The molecular weight excluding hydrogens is 475 g/mol. The summed E-state index contributed by atoms with van der Waals surface area (Å²) in [4.78, 5) is 24.7. The Balaban J connectivity index is 0.000000212. The van der Waals surface area contributed by atoms with Crippen LogP contribution in [0.15, 0.2) is 24.3 Å². The van der Waals surface area contributed by atoms with Crippen LogP contribution >= 0.6 is 0 Å². The normalized spacial score (nSPS) is 14.6. The molecule has 36 heavy (non-hydrogen) atoms. The third-order valence-electron chi connectivity index (χ3n) is 5.51. The van der Waals surface area contributed by atoms with Gasteiger partial charge in [0.2, 0.25) is 0 Å². The van der Waals surface area contributed by atoms with Gasteiger partial charge in [-0.05, 0) is 39.8 Å². The van der Waals surface area contributed by atoms with Gasteiger partial charge in [0.1, 0.15) is 5.82 Å². The van der Waals surface area contributed by atoms with Crippen molar-refractivity contribution in [1.82, 2.24) is 4.90 Å². The molecule has 2 aromatic rings. The first-order valence-corrected chi connectivity index (χ1v) is 11.5. The van der Waals surface area contributed by atoms with Crippen molar-refractivity contribution in [3.05, 3.63) is 50.3 Å². The summed E-state index contributed by atoms with van der Waals surface area (Å²) in [6, 6.07) is 5.01. The molecule has 2 aromatic carbocycles. The molecule has 12 nitrogen and oxygen atoms in total. The van der Waals surface area contributed by atoms with Crippen molar-refractivity contribution >= 4 is 28.4 Å². The Labute approximate surface area is 207 Å². The van der Waals surface area contributed by atoms with Crippen molar-refractivity contribution in [1.29, 1.82) is 0 Å². The molecule has 196 valence electrons. The zero-order valence-corrected chi connectivity index (χ0v) is 20.5. The fourth-order valence-electron chi connectivity index (χ4n) is 3.14. The number of halogens is 1. The summed E-state index contributed by atoms with van der Waals surface area (Å²) in [5.74, 6) is -0.436. The Hall–Kier alpha value is -3.87. The van der Waals surface area contributed by atoms with Crippen molar-refractivity contribution in [3.8, 4) is 11.5 Å². The third kappa shape index (κ3) is 7.31. The molecule has 0 radical (unpaired) electrons. The number of nitrogens with zero attached hydrogens (tertiary/aromatic N) is 4. The van der Waals surface area contributed by atoms with E-state index in [0.717, 1.165) is 56.6 Å². The topological polar surface area (TPSA) is 163 Å². The molecule has 0 amide bonds. The fourth-order valence-corrected chi connectivity index (χ4v) is 3.14. The highest BCUT2D eigenvalue weighted by atomic mass is 19.1. The maximum absolute atomic E-state index is 13.1. The van der Waals surface area contributed by atoms with Crippen molar-refractivity contribution < 1.29 is 23.7 Å². The van der Waals surface area contributed by atoms with Gasteiger partial charge in [0.15, 0.2) is 11.5 Å². The number of rotatable bonds is 10. The molecule has 0 atom stereocenters. The molecule has 0 unspecified atom stereocenters. The molecule has 2 aliphatic carbocycles. The van der Waals surface area contributed by atoms with E-state index < -0.39 is 15.7 Å². The third-order valence-corrected chi connectivity index (χ3v) is 5.51. The standard InChI is InChI=1S/C14H22N4O3.C9H9FN2O3/c1-16(2)6-7-17(3)12-9-14(21-10-4-5-10)13(18(19)20)8-11(12)15;10-6-3-9(15-5-1-2-5)8(12(13)14)4-7(6)11/h8-10H,4-7,15H2,1-3H3;3-5H,1-2,11H2. The second-order valence-electron chi connectivity index (χ2n) is 9.09. The minimum atomic E-state index is -0.698. The number of hydrogen-bond donors (Lipinski definition) is 2. The lowest BCUT2D eigenvalue weighted by Gasteiger charge is -2.23. The lowest BCUT2D eigenvalue weighted by Crippen LogP contribution is -2.29. The van der Waals surface area contributed by atoms with Gasteiger partial charge >= 0.3 is 11.4 Å². The lowest BCUT2D eigenvalue weighted by atomic mass is 10.2. The summed E-state index contributed by atoms with van der Waals surface area (Å²) in [6.45, 7) is 1.64. The van der Waals surface area contributed by atoms with E-state index in [2.05, 4.69) is 4.90 Å². The predicted octanol–water partition coefficient (Wildman–Crippen LogP) is 3.57. The molecule has 0 heterocycles. The number of nitrogen functional groups attached to an aromatic ring is 2. The van der Waals surface area contributed by atoms with Crippen LogP contribution in [0.4, 0.5) is 32.8 Å². The second-order valence-corrected chi connectivity index (χ2v) is 9.09. The number of likely N-dealkylation sites (N-methyl/N-ethyl adjacent to an activating group) is 2. The highest BCUT2D eigenvalue weighted by Crippen LogP contribution is 2.39. The maximum Gasteiger partial charge on any atom is 0.313 e. The van der Waals surface area contributed by atoms with Crippen molar-refractivity contribution in [2.45, 2.75) is 37.9 Å². The monoisotopic (exact) mass is 506 g/mol. The van der Waals surface area contributed by atoms with Gasteiger partial charge in [-0.3, -0.25) is 20.2 Å². The first-order valence-electron chi connectivity index (χ1n) is 11.5. The first-order chi connectivity index (χ1) is 17.0. The van der Waals surface area contributed by atoms with Gasteiger partial charge in [-0.1, -0.05) is 0 Å². The maximum atomic E-state index is 13.1. The molecular formula is C23H31FN6O6. The molecule has 0 aliphatic heterocycles. The lowest BCUT2D eigenvalue weighted by molar-refractivity contribution is -0.386. The zero-order chi connectivity index (χ0) is 26.6. The SMILES string of the molecule is CN(C)CCN(C)c1cc(OC2CC2)c([N+](=O)[O-])cc1N.Nc1cc([N+](=O)[O-])c(OC2CC2)cc1F. The van der Waals surface area contributed by atoms with E-state index in [1.54, 1.807) is 6.07 Å². The van der Waals surface area contributed by atoms with Crippen molar-refractivity contribution in [2.75, 3.05) is 50.6 Å². The van der Waals surface area contributed by atoms with Gasteiger partial charge in [0.25, 0.3) is 0 Å². The van der Waals surface area contributed by atoms with Crippen molar-refractivity contribution in [3.63, 3.8) is 0 Å². The van der Waals surface area contributed by atoms with E-state index in [1.807, 2.05) is 26.0 Å². The van der Waals surface area contributed by atoms with E-state index in [4.69, 9.17) is 20.9 Å². The number of nitrogens with two attached hydrogens (primary N) is 2. The van der Waals surface area contributed by atoms with Crippen LogP contribution < -0.4 is 25.8 Å². The number of nitro benzene ring substituents is 2. The first kappa shape index (κ1) is 26.7. The number of ether oxygens (including phenoxy) is 2. The van der Waals surface area contributed by atoms with Crippen LogP contribution in [0.3, 0.4) is 0 Å². The molecule has 13 heteroatoms. The fraction of sp³-hybridized carbons (Fsp3) is 0.478. The summed E-state index contributed by atoms with van der Waals surface area (Å²) in [6.07, 6.45) is 3.69. The van der Waals surface area contributed by atoms with Crippen LogP contribution in [0.2, 0.25) is 0 Å². The van der Waals surface area contributed by atoms with E-state index in [1.165, 1.54) is 6.07 Å². The van der Waals surface area contributed by atoms with Gasteiger partial charge in [-0.2, -0.15) is 0 Å². The Morgan fingerprint density at radius 3 is 1.78 bits per heavy atom. The van der Waals surface area contributed by atoms with Crippen LogP contribution in [0, 0.1) is 26.0 Å². The highest BCUT2D eigenvalue weighted by Gasteiger charge is 2.29. The molecule has 0 aromatic heterocycles. The molecule has 4 N–H and O–H groups in total. The largest absolute Gasteiger partial charge is 0.483 e. The molecule has 2 aliphatic rings. The molecule has 2 saturated carbocycles. The molecule has 0 saturated heterocycles. The van der Waals surface area contributed by atoms with Crippen LogP contribution in [-0.4, -0.2) is 61.2 Å². The number of anilines is 3. The van der Waals surface area contributed by atoms with Gasteiger partial charge in [-0.15, -0.1) is 0 Å². The minimum absolute atomic E-state index is 0.0216. The predicted molar refractivity (Wildman–Crippen MR) is 134 cm³/mol. The number of nitro groups is 2. The van der Waals surface area contributed by atoms with E-state index >= 15 is 0 Å². The van der Waals surface area contributed by atoms with Crippen LogP contribution in [-0.2, 0) is 0 Å². The Morgan fingerprint density at radius 1 is 0.861 bits per heavy atom. The molecule has 0 spiro atoms. The van der Waals surface area contributed by atoms with Crippen LogP contribution in [0.5, 0.6) is 11.5 Å². The number of benzene rings is 2. The Kier molecular flexibility index (Phi) is 8.35. The summed E-state index contributed by atoms with van der Waals surface area (Å²) < 4.78 is 23.9. The molecule has 0 bridgehead atoms. The Bertz CT molecular complexity index is 1120. The zero-order valence-electron chi connectivity index (χ0n) is 20.5. The average Bonchev–Trinajstić information content (AvgIpc) is 3.72. The average molecular weight is 507 g/mol. The summed E-state index contributed by atoms with van der Waals surface area (Å²) in [7, 11) is 5.91. The summed E-state index contributed by atoms with van der Waals surface area (Å²) in [5.41, 5.74) is 11.8. The molecule has 4 rings (SSSR count). The van der Waals surface area contributed by atoms with Gasteiger partial charge < -0.3 is 30.7 Å². The summed E-state index contributed by atoms with van der Waals surface area (Å²) >= 11 is 0. The smallest absolute Gasteiger partial charge is 0.313 e. The van der Waals surface area contributed by atoms with Gasteiger partial charge in [0.05, 0.1) is 39.1 Å². The van der Waals surface area contributed by atoms with E-state index in [-0.39, 0.29) is 35.0 Å². The molecule has 2 fully saturated rings. The second kappa shape index (κ2) is 11.2. The van der Waals surface area contributed by atoms with E-state index in [9.17, 15) is 24.6 Å². The van der Waals surface area contributed by atoms with Gasteiger partial charge in [-0.25, -0.2) is 4.39 Å².